The Morgan fingerprint density at radius 2 is 1.89 bits per heavy atom. The molecule has 28 heavy (non-hydrogen) atoms. The van der Waals surface area contributed by atoms with Crippen molar-refractivity contribution in [2.75, 3.05) is 37.6 Å². The van der Waals surface area contributed by atoms with E-state index in [0.717, 1.165) is 36.3 Å². The molecule has 2 fully saturated rings. The van der Waals surface area contributed by atoms with E-state index in [1.165, 1.54) is 12.8 Å². The number of nitrogens with zero attached hydrogens (tertiary/aromatic N) is 2. The van der Waals surface area contributed by atoms with Crippen molar-refractivity contribution in [2.45, 2.75) is 25.7 Å². The van der Waals surface area contributed by atoms with Crippen LogP contribution in [-0.2, 0) is 9.59 Å². The molecule has 6 heteroatoms. The Hall–Kier alpha value is -2.01. The Bertz CT molecular complexity index is 758. The van der Waals surface area contributed by atoms with Crippen LogP contribution in [0.3, 0.4) is 0 Å². The predicted molar refractivity (Wildman–Crippen MR) is 111 cm³/mol. The van der Waals surface area contributed by atoms with Crippen LogP contribution in [0.25, 0.3) is 0 Å². The van der Waals surface area contributed by atoms with Crippen molar-refractivity contribution in [2.24, 2.45) is 17.8 Å². The fraction of sp³-hybridized carbons (Fsp3) is 0.545. The third-order valence-corrected chi connectivity index (χ3v) is 6.58. The number of nitrogens with one attached hydrogen (secondary N) is 1. The molecule has 2 amide bonds. The molecule has 1 saturated heterocycles. The number of carbonyl (C=O) groups excluding carboxylic acids is 2. The van der Waals surface area contributed by atoms with E-state index >= 15 is 0 Å². The number of halogens is 1. The van der Waals surface area contributed by atoms with Gasteiger partial charge in [-0.2, -0.15) is 0 Å². The summed E-state index contributed by atoms with van der Waals surface area (Å²) in [7, 11) is 0. The molecule has 1 N–H and O–H groups in total. The van der Waals surface area contributed by atoms with Gasteiger partial charge in [0.1, 0.15) is 0 Å². The van der Waals surface area contributed by atoms with Crippen molar-refractivity contribution >= 4 is 29.1 Å². The lowest BCUT2D eigenvalue weighted by Gasteiger charge is -2.36. The summed E-state index contributed by atoms with van der Waals surface area (Å²) < 4.78 is 0. The van der Waals surface area contributed by atoms with E-state index in [0.29, 0.717) is 31.3 Å². The highest BCUT2D eigenvalue weighted by Gasteiger charge is 2.35. The monoisotopic (exact) mass is 401 g/mol. The highest BCUT2D eigenvalue weighted by Crippen LogP contribution is 2.42. The van der Waals surface area contributed by atoms with Crippen molar-refractivity contribution in [3.63, 3.8) is 0 Å². The number of piperazine rings is 1. The summed E-state index contributed by atoms with van der Waals surface area (Å²) in [5.41, 5.74) is 1.09. The lowest BCUT2D eigenvalue weighted by Crippen LogP contribution is -2.49. The van der Waals surface area contributed by atoms with Gasteiger partial charge in [-0.1, -0.05) is 29.8 Å². The van der Waals surface area contributed by atoms with Gasteiger partial charge >= 0.3 is 0 Å². The van der Waals surface area contributed by atoms with Gasteiger partial charge in [0.2, 0.25) is 11.8 Å². The summed E-state index contributed by atoms with van der Waals surface area (Å²) in [6, 6.07) is 7.81. The van der Waals surface area contributed by atoms with Crippen LogP contribution in [0.2, 0.25) is 5.02 Å². The summed E-state index contributed by atoms with van der Waals surface area (Å²) in [5.74, 6) is 2.01. The Labute approximate surface area is 171 Å². The van der Waals surface area contributed by atoms with E-state index in [4.69, 9.17) is 11.6 Å². The summed E-state index contributed by atoms with van der Waals surface area (Å²) in [5, 5.41) is 3.76. The highest BCUT2D eigenvalue weighted by atomic mass is 35.5. The van der Waals surface area contributed by atoms with Gasteiger partial charge in [0, 0.05) is 56.3 Å². The number of hydrogen-bond donors (Lipinski definition) is 1. The molecule has 0 aromatic heterocycles. The van der Waals surface area contributed by atoms with Crippen LogP contribution in [0.5, 0.6) is 0 Å². The molecule has 5 nitrogen and oxygen atoms in total. The number of allylic oxidation sites excluding steroid dienone is 2. The Morgan fingerprint density at radius 1 is 1.07 bits per heavy atom. The first kappa shape index (κ1) is 19.3. The minimum absolute atomic E-state index is 0.00216. The maximum atomic E-state index is 12.5. The van der Waals surface area contributed by atoms with Gasteiger partial charge in [-0.15, -0.1) is 0 Å². The van der Waals surface area contributed by atoms with Crippen LogP contribution >= 0.6 is 11.6 Å². The van der Waals surface area contributed by atoms with Crippen molar-refractivity contribution in [1.29, 1.82) is 0 Å². The summed E-state index contributed by atoms with van der Waals surface area (Å²) >= 11 is 6.07. The fourth-order valence-corrected chi connectivity index (χ4v) is 4.91. The Balaban J connectivity index is 1.15. The van der Waals surface area contributed by atoms with Crippen molar-refractivity contribution in [3.8, 4) is 0 Å². The first-order valence-corrected chi connectivity index (χ1v) is 10.7. The molecule has 150 valence electrons. The third-order valence-electron chi connectivity index (χ3n) is 6.35. The SMILES string of the molecule is O=C(CCC(=O)N1CCN(c2cccc(Cl)c2)CC1)NCC1CC2C=CC1C2. The molecule has 4 rings (SSSR count). The summed E-state index contributed by atoms with van der Waals surface area (Å²) in [4.78, 5) is 28.7. The topological polar surface area (TPSA) is 52.7 Å². The maximum Gasteiger partial charge on any atom is 0.223 e. The molecule has 0 radical (unpaired) electrons. The van der Waals surface area contributed by atoms with E-state index in [-0.39, 0.29) is 18.2 Å². The molecule has 1 saturated carbocycles. The second-order valence-electron chi connectivity index (χ2n) is 8.19. The number of carbonyl (C=O) groups is 2. The molecule has 2 bridgehead atoms. The number of benzene rings is 1. The molecular weight excluding hydrogens is 374 g/mol. The van der Waals surface area contributed by atoms with Crippen LogP contribution in [-0.4, -0.2) is 49.4 Å². The second-order valence-corrected chi connectivity index (χ2v) is 8.63. The van der Waals surface area contributed by atoms with Crippen LogP contribution in [0.1, 0.15) is 25.7 Å². The number of anilines is 1. The lowest BCUT2D eigenvalue weighted by molar-refractivity contribution is -0.133. The number of hydrogen-bond acceptors (Lipinski definition) is 3. The van der Waals surface area contributed by atoms with Gasteiger partial charge in [-0.3, -0.25) is 9.59 Å². The van der Waals surface area contributed by atoms with E-state index in [1.54, 1.807) is 0 Å². The standard InChI is InChI=1S/C22H28ClN3O2/c23-19-2-1-3-20(14-19)25-8-10-26(11-9-25)22(28)7-6-21(27)24-15-18-13-16-4-5-17(18)12-16/h1-5,14,16-18H,6-13,15H2,(H,24,27). The molecule has 1 aromatic rings. The van der Waals surface area contributed by atoms with Gasteiger partial charge in [0.05, 0.1) is 0 Å². The zero-order valence-electron chi connectivity index (χ0n) is 16.1. The Kier molecular flexibility index (Phi) is 5.90. The van der Waals surface area contributed by atoms with E-state index in [9.17, 15) is 9.59 Å². The van der Waals surface area contributed by atoms with Crippen molar-refractivity contribution in [3.05, 3.63) is 41.4 Å². The van der Waals surface area contributed by atoms with Gasteiger partial charge < -0.3 is 15.1 Å². The van der Waals surface area contributed by atoms with Gasteiger partial charge in [-0.25, -0.2) is 0 Å². The van der Waals surface area contributed by atoms with E-state index in [1.807, 2.05) is 29.2 Å². The third kappa shape index (κ3) is 4.52. The quantitative estimate of drug-likeness (QED) is 0.745. The number of rotatable bonds is 6. The minimum Gasteiger partial charge on any atom is -0.368 e. The lowest BCUT2D eigenvalue weighted by atomic mass is 9.93. The smallest absolute Gasteiger partial charge is 0.223 e. The highest BCUT2D eigenvalue weighted by molar-refractivity contribution is 6.30. The number of fused-ring (bicyclic) bond motifs is 2. The van der Waals surface area contributed by atoms with Gasteiger partial charge in [-0.05, 0) is 48.8 Å². The molecule has 3 atom stereocenters. The first-order valence-electron chi connectivity index (χ1n) is 10.3. The predicted octanol–water partition coefficient (Wildman–Crippen LogP) is 3.10. The van der Waals surface area contributed by atoms with Crippen LogP contribution in [0, 0.1) is 17.8 Å². The van der Waals surface area contributed by atoms with Crippen molar-refractivity contribution < 1.29 is 9.59 Å². The van der Waals surface area contributed by atoms with Crippen molar-refractivity contribution in [1.82, 2.24) is 10.2 Å². The fourth-order valence-electron chi connectivity index (χ4n) is 4.73. The molecular formula is C22H28ClN3O2. The molecule has 3 aliphatic rings. The zero-order chi connectivity index (χ0) is 19.5. The van der Waals surface area contributed by atoms with Crippen LogP contribution < -0.4 is 10.2 Å². The van der Waals surface area contributed by atoms with Crippen LogP contribution in [0.4, 0.5) is 5.69 Å². The molecule has 1 heterocycles. The summed E-state index contributed by atoms with van der Waals surface area (Å²) in [6.07, 6.45) is 7.63. The molecule has 3 unspecified atom stereocenters. The summed E-state index contributed by atoms with van der Waals surface area (Å²) in [6.45, 7) is 3.69. The first-order chi connectivity index (χ1) is 13.6. The maximum absolute atomic E-state index is 12.5. The second kappa shape index (κ2) is 8.56. The Morgan fingerprint density at radius 3 is 2.57 bits per heavy atom. The van der Waals surface area contributed by atoms with E-state index in [2.05, 4.69) is 22.4 Å². The van der Waals surface area contributed by atoms with E-state index < -0.39 is 0 Å². The normalized spacial score (nSPS) is 26.0. The largest absolute Gasteiger partial charge is 0.368 e. The van der Waals surface area contributed by atoms with Gasteiger partial charge in [0.15, 0.2) is 0 Å². The number of amides is 2. The zero-order valence-corrected chi connectivity index (χ0v) is 16.9. The molecule has 2 aliphatic carbocycles. The molecule has 1 aromatic carbocycles. The van der Waals surface area contributed by atoms with Gasteiger partial charge in [0.25, 0.3) is 0 Å². The average Bonchev–Trinajstić information content (AvgIpc) is 3.34. The molecule has 0 spiro atoms. The average molecular weight is 402 g/mol. The minimum atomic E-state index is -0.00216. The molecule has 1 aliphatic heterocycles. The van der Waals surface area contributed by atoms with Crippen LogP contribution in [0.15, 0.2) is 36.4 Å².